The molecule has 0 bridgehead atoms. The normalized spacial score (nSPS) is 21.0. The van der Waals surface area contributed by atoms with E-state index in [4.69, 9.17) is 9.73 Å². The average molecular weight is 416 g/mol. The number of nitrogens with one attached hydrogen (secondary N) is 2. The Balaban J connectivity index is 1.49. The summed E-state index contributed by atoms with van der Waals surface area (Å²) in [4.78, 5) is 10.1. The minimum absolute atomic E-state index is 0.470. The number of piperidine rings is 1. The predicted octanol–water partition coefficient (Wildman–Crippen LogP) is 2.56. The molecule has 1 aromatic carbocycles. The number of morpholine rings is 1. The van der Waals surface area contributed by atoms with Crippen LogP contribution in [-0.4, -0.2) is 80.3 Å². The van der Waals surface area contributed by atoms with E-state index in [0.717, 1.165) is 77.8 Å². The molecule has 2 aliphatic heterocycles. The van der Waals surface area contributed by atoms with Crippen molar-refractivity contribution in [2.75, 3.05) is 52.5 Å². The highest BCUT2D eigenvalue weighted by Crippen LogP contribution is 2.15. The van der Waals surface area contributed by atoms with Crippen molar-refractivity contribution in [1.82, 2.24) is 20.4 Å². The molecule has 1 atom stereocenters. The largest absolute Gasteiger partial charge is 0.379 e. The van der Waals surface area contributed by atoms with E-state index in [2.05, 4.69) is 71.5 Å². The summed E-state index contributed by atoms with van der Waals surface area (Å²) in [5.74, 6) is 1.55. The van der Waals surface area contributed by atoms with E-state index < -0.39 is 0 Å². The van der Waals surface area contributed by atoms with E-state index in [9.17, 15) is 0 Å². The first kappa shape index (κ1) is 23.0. The van der Waals surface area contributed by atoms with Crippen LogP contribution in [0.2, 0.25) is 0 Å². The third-order valence-corrected chi connectivity index (χ3v) is 6.24. The Kier molecular flexibility index (Phi) is 9.43. The molecule has 2 fully saturated rings. The zero-order valence-corrected chi connectivity index (χ0v) is 19.1. The number of ether oxygens (including phenoxy) is 1. The van der Waals surface area contributed by atoms with Crippen molar-refractivity contribution in [3.05, 3.63) is 35.9 Å². The summed E-state index contributed by atoms with van der Waals surface area (Å²) in [5.41, 5.74) is 1.40. The number of hydrogen-bond acceptors (Lipinski definition) is 4. The summed E-state index contributed by atoms with van der Waals surface area (Å²) in [6.07, 6.45) is 2.32. The van der Waals surface area contributed by atoms with Gasteiger partial charge in [-0.05, 0) is 31.2 Å². The van der Waals surface area contributed by atoms with E-state index in [0.29, 0.717) is 18.0 Å². The molecule has 2 N–H and O–H groups in total. The van der Waals surface area contributed by atoms with Crippen LogP contribution in [0.15, 0.2) is 35.3 Å². The van der Waals surface area contributed by atoms with Gasteiger partial charge in [-0.25, -0.2) is 0 Å². The Morgan fingerprint density at radius 2 is 1.80 bits per heavy atom. The Labute approximate surface area is 183 Å². The molecule has 0 saturated carbocycles. The van der Waals surface area contributed by atoms with Crippen molar-refractivity contribution < 1.29 is 4.74 Å². The zero-order valence-electron chi connectivity index (χ0n) is 19.1. The molecule has 168 valence electrons. The molecule has 2 aliphatic rings. The lowest BCUT2D eigenvalue weighted by atomic mass is 10.0. The topological polar surface area (TPSA) is 52.1 Å². The minimum Gasteiger partial charge on any atom is -0.379 e. The SMILES string of the molecule is CCNC(=NCC(C(C)C)N1CCOCC1)NC1CCN(Cc2ccccc2)CC1. The summed E-state index contributed by atoms with van der Waals surface area (Å²) < 4.78 is 5.53. The van der Waals surface area contributed by atoms with Crippen LogP contribution < -0.4 is 10.6 Å². The molecule has 0 amide bonds. The Morgan fingerprint density at radius 3 is 2.43 bits per heavy atom. The van der Waals surface area contributed by atoms with E-state index in [1.807, 2.05) is 0 Å². The summed E-state index contributed by atoms with van der Waals surface area (Å²) in [6, 6.07) is 11.8. The number of likely N-dealkylation sites (tertiary alicyclic amines) is 1. The van der Waals surface area contributed by atoms with Crippen LogP contribution in [0.5, 0.6) is 0 Å². The molecule has 2 heterocycles. The molecule has 6 nitrogen and oxygen atoms in total. The third-order valence-electron chi connectivity index (χ3n) is 6.24. The number of guanidine groups is 1. The van der Waals surface area contributed by atoms with E-state index in [-0.39, 0.29) is 0 Å². The number of hydrogen-bond donors (Lipinski definition) is 2. The van der Waals surface area contributed by atoms with E-state index in [1.54, 1.807) is 0 Å². The van der Waals surface area contributed by atoms with Gasteiger partial charge in [0.25, 0.3) is 0 Å². The van der Waals surface area contributed by atoms with Crippen molar-refractivity contribution in [3.63, 3.8) is 0 Å². The molecule has 6 heteroatoms. The van der Waals surface area contributed by atoms with Crippen molar-refractivity contribution in [3.8, 4) is 0 Å². The number of benzene rings is 1. The molecule has 2 saturated heterocycles. The lowest BCUT2D eigenvalue weighted by molar-refractivity contribution is 0.00867. The Bertz CT molecular complexity index is 622. The first-order chi connectivity index (χ1) is 14.7. The number of aliphatic imine (C=N–C) groups is 1. The molecule has 1 aromatic rings. The zero-order chi connectivity index (χ0) is 21.2. The predicted molar refractivity (Wildman–Crippen MR) is 125 cm³/mol. The second-order valence-corrected chi connectivity index (χ2v) is 8.86. The maximum atomic E-state index is 5.53. The standard InChI is InChI=1S/C24H41N5O/c1-4-25-24(26-18-23(20(2)3)29-14-16-30-17-15-29)27-22-10-12-28(13-11-22)19-21-8-6-5-7-9-21/h5-9,20,22-23H,4,10-19H2,1-3H3,(H2,25,26,27). The smallest absolute Gasteiger partial charge is 0.191 e. The van der Waals surface area contributed by atoms with Crippen molar-refractivity contribution in [1.29, 1.82) is 0 Å². The maximum absolute atomic E-state index is 5.53. The fourth-order valence-electron chi connectivity index (χ4n) is 4.43. The first-order valence-electron chi connectivity index (χ1n) is 11.8. The molecular formula is C24H41N5O. The van der Waals surface area contributed by atoms with Gasteiger partial charge in [-0.2, -0.15) is 0 Å². The van der Waals surface area contributed by atoms with E-state index in [1.165, 1.54) is 5.56 Å². The first-order valence-corrected chi connectivity index (χ1v) is 11.8. The summed E-state index contributed by atoms with van der Waals surface area (Å²) >= 11 is 0. The molecule has 0 aromatic heterocycles. The van der Waals surface area contributed by atoms with Crippen LogP contribution in [0.25, 0.3) is 0 Å². The van der Waals surface area contributed by atoms with Gasteiger partial charge in [0.2, 0.25) is 0 Å². The summed E-state index contributed by atoms with van der Waals surface area (Å²) in [6.45, 7) is 15.5. The molecular weight excluding hydrogens is 374 g/mol. The third kappa shape index (κ3) is 7.25. The minimum atomic E-state index is 0.470. The van der Waals surface area contributed by atoms with Crippen LogP contribution in [-0.2, 0) is 11.3 Å². The molecule has 0 aliphatic carbocycles. The molecule has 1 unspecified atom stereocenters. The lowest BCUT2D eigenvalue weighted by Crippen LogP contribution is -2.50. The van der Waals surface area contributed by atoms with Gasteiger partial charge >= 0.3 is 0 Å². The average Bonchev–Trinajstić information content (AvgIpc) is 2.76. The lowest BCUT2D eigenvalue weighted by Gasteiger charge is -2.36. The molecule has 3 rings (SSSR count). The highest BCUT2D eigenvalue weighted by atomic mass is 16.5. The second-order valence-electron chi connectivity index (χ2n) is 8.86. The highest BCUT2D eigenvalue weighted by molar-refractivity contribution is 5.80. The number of nitrogens with zero attached hydrogens (tertiary/aromatic N) is 3. The van der Waals surface area contributed by atoms with E-state index >= 15 is 0 Å². The van der Waals surface area contributed by atoms with Gasteiger partial charge in [0.05, 0.1) is 19.8 Å². The van der Waals surface area contributed by atoms with Crippen molar-refractivity contribution in [2.24, 2.45) is 10.9 Å². The van der Waals surface area contributed by atoms with Gasteiger partial charge < -0.3 is 15.4 Å². The van der Waals surface area contributed by atoms with Crippen LogP contribution in [0.1, 0.15) is 39.2 Å². The second kappa shape index (κ2) is 12.3. The van der Waals surface area contributed by atoms with Crippen molar-refractivity contribution >= 4 is 5.96 Å². The van der Waals surface area contributed by atoms with Crippen LogP contribution >= 0.6 is 0 Å². The maximum Gasteiger partial charge on any atom is 0.191 e. The Morgan fingerprint density at radius 1 is 1.10 bits per heavy atom. The molecule has 30 heavy (non-hydrogen) atoms. The summed E-state index contributed by atoms with van der Waals surface area (Å²) in [5, 5.41) is 7.17. The molecule has 0 spiro atoms. The van der Waals surface area contributed by atoms with Gasteiger partial charge in [-0.1, -0.05) is 44.2 Å². The van der Waals surface area contributed by atoms with Gasteiger partial charge in [-0.3, -0.25) is 14.8 Å². The summed E-state index contributed by atoms with van der Waals surface area (Å²) in [7, 11) is 0. The fraction of sp³-hybridized carbons (Fsp3) is 0.708. The quantitative estimate of drug-likeness (QED) is 0.505. The van der Waals surface area contributed by atoms with Gasteiger partial charge in [0.1, 0.15) is 0 Å². The molecule has 0 radical (unpaired) electrons. The number of rotatable bonds is 8. The van der Waals surface area contributed by atoms with Crippen LogP contribution in [0.3, 0.4) is 0 Å². The highest BCUT2D eigenvalue weighted by Gasteiger charge is 2.24. The van der Waals surface area contributed by atoms with Crippen LogP contribution in [0, 0.1) is 5.92 Å². The van der Waals surface area contributed by atoms with Gasteiger partial charge in [0.15, 0.2) is 5.96 Å². The van der Waals surface area contributed by atoms with Crippen LogP contribution in [0.4, 0.5) is 0 Å². The Hall–Kier alpha value is -1.63. The fourth-order valence-corrected chi connectivity index (χ4v) is 4.43. The monoisotopic (exact) mass is 415 g/mol. The van der Waals surface area contributed by atoms with Crippen molar-refractivity contribution in [2.45, 2.75) is 52.2 Å². The van der Waals surface area contributed by atoms with Gasteiger partial charge in [-0.15, -0.1) is 0 Å². The van der Waals surface area contributed by atoms with Gasteiger partial charge in [0, 0.05) is 51.4 Å².